The quantitative estimate of drug-likeness (QED) is 0.321. The van der Waals surface area contributed by atoms with Crippen molar-refractivity contribution in [1.29, 1.82) is 0 Å². The second-order valence-electron chi connectivity index (χ2n) is 7.72. The van der Waals surface area contributed by atoms with Crippen LogP contribution in [0, 0.1) is 0 Å². The Kier molecular flexibility index (Phi) is 9.01. The summed E-state index contributed by atoms with van der Waals surface area (Å²) in [5.74, 6) is 2.46. The van der Waals surface area contributed by atoms with E-state index in [1.165, 1.54) is 0 Å². The van der Waals surface area contributed by atoms with E-state index in [1.54, 1.807) is 0 Å². The summed E-state index contributed by atoms with van der Waals surface area (Å²) in [5, 5.41) is 6.65. The molecule has 2 heterocycles. The topological polar surface area (TPSA) is 75.2 Å². The summed E-state index contributed by atoms with van der Waals surface area (Å²) in [5.41, 5.74) is 3.16. The fourth-order valence-electron chi connectivity index (χ4n) is 3.79. The molecule has 0 bridgehead atoms. The van der Waals surface area contributed by atoms with Crippen LogP contribution in [0.25, 0.3) is 0 Å². The SMILES string of the molecule is CCNC(=NCc1ccccc1CN1CCCC1=O)Nc1ccc2c(c1)OCCCO2.I. The number of hydrogen-bond donors (Lipinski definition) is 2. The summed E-state index contributed by atoms with van der Waals surface area (Å²) in [6.45, 7) is 6.13. The molecule has 0 unspecified atom stereocenters. The number of hydrogen-bond acceptors (Lipinski definition) is 4. The zero-order valence-electron chi connectivity index (χ0n) is 18.4. The number of carbonyl (C=O) groups excluding carboxylic acids is 1. The number of carbonyl (C=O) groups is 1. The highest BCUT2D eigenvalue weighted by atomic mass is 127. The molecule has 0 spiro atoms. The number of guanidine groups is 1. The van der Waals surface area contributed by atoms with Crippen molar-refractivity contribution in [3.8, 4) is 11.5 Å². The third-order valence-corrected chi connectivity index (χ3v) is 5.41. The van der Waals surface area contributed by atoms with E-state index in [4.69, 9.17) is 14.5 Å². The Morgan fingerprint density at radius 1 is 1.06 bits per heavy atom. The first-order chi connectivity index (χ1) is 15.2. The number of ether oxygens (including phenoxy) is 2. The van der Waals surface area contributed by atoms with Gasteiger partial charge < -0.3 is 25.0 Å². The van der Waals surface area contributed by atoms with Gasteiger partial charge >= 0.3 is 0 Å². The Bertz CT molecular complexity index is 951. The van der Waals surface area contributed by atoms with Gasteiger partial charge in [0, 0.05) is 44.2 Å². The maximum absolute atomic E-state index is 12.0. The molecule has 32 heavy (non-hydrogen) atoms. The van der Waals surface area contributed by atoms with Crippen molar-refractivity contribution in [1.82, 2.24) is 10.2 Å². The van der Waals surface area contributed by atoms with E-state index in [0.717, 1.165) is 54.2 Å². The van der Waals surface area contributed by atoms with Gasteiger partial charge in [0.2, 0.25) is 5.91 Å². The second-order valence-corrected chi connectivity index (χ2v) is 7.72. The number of rotatable bonds is 6. The van der Waals surface area contributed by atoms with E-state index in [0.29, 0.717) is 38.7 Å². The fraction of sp³-hybridized carbons (Fsp3) is 0.417. The van der Waals surface area contributed by atoms with E-state index in [-0.39, 0.29) is 29.9 Å². The molecular weight excluding hydrogens is 519 g/mol. The minimum Gasteiger partial charge on any atom is -0.490 e. The third kappa shape index (κ3) is 6.27. The predicted molar refractivity (Wildman–Crippen MR) is 137 cm³/mol. The maximum atomic E-state index is 12.0. The zero-order valence-corrected chi connectivity index (χ0v) is 20.8. The molecule has 172 valence electrons. The highest BCUT2D eigenvalue weighted by molar-refractivity contribution is 14.0. The molecule has 7 nitrogen and oxygen atoms in total. The lowest BCUT2D eigenvalue weighted by Gasteiger charge is -2.18. The second kappa shape index (κ2) is 11.9. The van der Waals surface area contributed by atoms with Crippen LogP contribution in [0.3, 0.4) is 0 Å². The van der Waals surface area contributed by atoms with Crippen LogP contribution >= 0.6 is 24.0 Å². The molecule has 0 aromatic heterocycles. The minimum absolute atomic E-state index is 0. The van der Waals surface area contributed by atoms with Gasteiger partial charge in [-0.15, -0.1) is 24.0 Å². The smallest absolute Gasteiger partial charge is 0.222 e. The zero-order chi connectivity index (χ0) is 21.5. The largest absolute Gasteiger partial charge is 0.490 e. The molecule has 0 atom stereocenters. The number of amides is 1. The lowest BCUT2D eigenvalue weighted by Crippen LogP contribution is -2.30. The van der Waals surface area contributed by atoms with Gasteiger partial charge in [0.1, 0.15) is 0 Å². The lowest BCUT2D eigenvalue weighted by molar-refractivity contribution is -0.128. The van der Waals surface area contributed by atoms with Gasteiger partial charge in [-0.3, -0.25) is 4.79 Å². The van der Waals surface area contributed by atoms with Crippen LogP contribution in [0.15, 0.2) is 47.5 Å². The first kappa shape index (κ1) is 24.2. The van der Waals surface area contributed by atoms with Crippen LogP contribution in [0.1, 0.15) is 37.3 Å². The van der Waals surface area contributed by atoms with E-state index in [1.807, 2.05) is 42.2 Å². The average molecular weight is 550 g/mol. The van der Waals surface area contributed by atoms with Gasteiger partial charge in [-0.1, -0.05) is 24.3 Å². The Labute approximate surface area is 206 Å². The normalized spacial score (nSPS) is 15.7. The number of fused-ring (bicyclic) bond motifs is 1. The van der Waals surface area contributed by atoms with E-state index in [2.05, 4.69) is 22.8 Å². The summed E-state index contributed by atoms with van der Waals surface area (Å²) in [6, 6.07) is 14.0. The van der Waals surface area contributed by atoms with Gasteiger partial charge in [-0.25, -0.2) is 4.99 Å². The van der Waals surface area contributed by atoms with Gasteiger partial charge in [-0.2, -0.15) is 0 Å². The monoisotopic (exact) mass is 550 g/mol. The summed E-state index contributed by atoms with van der Waals surface area (Å²) in [4.78, 5) is 18.7. The summed E-state index contributed by atoms with van der Waals surface area (Å²) in [7, 11) is 0. The molecule has 1 saturated heterocycles. The number of halogens is 1. The lowest BCUT2D eigenvalue weighted by atomic mass is 10.1. The van der Waals surface area contributed by atoms with Crippen LogP contribution in [0.4, 0.5) is 5.69 Å². The van der Waals surface area contributed by atoms with Crippen molar-refractivity contribution in [2.45, 2.75) is 39.3 Å². The fourth-order valence-corrected chi connectivity index (χ4v) is 3.79. The van der Waals surface area contributed by atoms with E-state index < -0.39 is 0 Å². The first-order valence-corrected chi connectivity index (χ1v) is 11.0. The molecule has 0 aliphatic carbocycles. The van der Waals surface area contributed by atoms with Gasteiger partial charge in [0.05, 0.1) is 19.8 Å². The summed E-state index contributed by atoms with van der Waals surface area (Å²) in [6.07, 6.45) is 2.48. The molecule has 2 aromatic carbocycles. The first-order valence-electron chi connectivity index (χ1n) is 11.0. The van der Waals surface area contributed by atoms with Crippen molar-refractivity contribution >= 4 is 41.5 Å². The molecule has 0 radical (unpaired) electrons. The summed E-state index contributed by atoms with van der Waals surface area (Å²) < 4.78 is 11.5. The van der Waals surface area contributed by atoms with Crippen molar-refractivity contribution in [2.75, 3.05) is 31.6 Å². The molecule has 1 fully saturated rings. The Morgan fingerprint density at radius 3 is 2.59 bits per heavy atom. The van der Waals surface area contributed by atoms with E-state index in [9.17, 15) is 4.79 Å². The molecule has 4 rings (SSSR count). The molecular formula is C24H31IN4O3. The number of benzene rings is 2. The molecule has 2 N–H and O–H groups in total. The van der Waals surface area contributed by atoms with Crippen molar-refractivity contribution in [3.05, 3.63) is 53.6 Å². The van der Waals surface area contributed by atoms with Crippen molar-refractivity contribution < 1.29 is 14.3 Å². The van der Waals surface area contributed by atoms with Crippen LogP contribution in [-0.2, 0) is 17.9 Å². The molecule has 2 aliphatic heterocycles. The average Bonchev–Trinajstić information content (AvgIpc) is 3.04. The molecule has 2 aliphatic rings. The third-order valence-electron chi connectivity index (χ3n) is 5.41. The highest BCUT2D eigenvalue weighted by Crippen LogP contribution is 2.32. The van der Waals surface area contributed by atoms with Gasteiger partial charge in [-0.05, 0) is 36.6 Å². The molecule has 0 saturated carbocycles. The van der Waals surface area contributed by atoms with Crippen LogP contribution in [0.2, 0.25) is 0 Å². The minimum atomic E-state index is 0. The Hall–Kier alpha value is -2.49. The van der Waals surface area contributed by atoms with Crippen molar-refractivity contribution in [2.24, 2.45) is 4.99 Å². The number of aliphatic imine (C=N–C) groups is 1. The predicted octanol–water partition coefficient (Wildman–Crippen LogP) is 4.17. The Morgan fingerprint density at radius 2 is 1.84 bits per heavy atom. The van der Waals surface area contributed by atoms with Crippen LogP contribution < -0.4 is 20.1 Å². The van der Waals surface area contributed by atoms with E-state index >= 15 is 0 Å². The van der Waals surface area contributed by atoms with Crippen LogP contribution in [0.5, 0.6) is 11.5 Å². The number of nitrogens with zero attached hydrogens (tertiary/aromatic N) is 2. The molecule has 2 aromatic rings. The standard InChI is InChI=1S/C24H30N4O3.HI/c1-2-25-24(27-20-10-11-21-22(15-20)31-14-6-13-30-21)26-16-18-7-3-4-8-19(18)17-28-12-5-9-23(28)29;/h3-4,7-8,10-11,15H,2,5-6,9,12-14,16-17H2,1H3,(H2,25,26,27);1H. The Balaban J connectivity index is 0.00000289. The maximum Gasteiger partial charge on any atom is 0.222 e. The number of anilines is 1. The van der Waals surface area contributed by atoms with Crippen molar-refractivity contribution in [3.63, 3.8) is 0 Å². The number of nitrogens with one attached hydrogen (secondary N) is 2. The molecule has 8 heteroatoms. The van der Waals surface area contributed by atoms with Gasteiger partial charge in [0.25, 0.3) is 0 Å². The number of likely N-dealkylation sites (tertiary alicyclic amines) is 1. The molecule has 1 amide bonds. The highest BCUT2D eigenvalue weighted by Gasteiger charge is 2.20. The van der Waals surface area contributed by atoms with Gasteiger partial charge in [0.15, 0.2) is 17.5 Å². The van der Waals surface area contributed by atoms with Crippen LogP contribution in [-0.4, -0.2) is 43.1 Å². The summed E-state index contributed by atoms with van der Waals surface area (Å²) >= 11 is 0.